The number of carbonyl (C=O) groups excluding carboxylic acids is 2. The third-order valence-electron chi connectivity index (χ3n) is 4.71. The summed E-state index contributed by atoms with van der Waals surface area (Å²) >= 11 is 3.43. The smallest absolute Gasteiger partial charge is 0.338 e. The number of hydrogen-bond acceptors (Lipinski definition) is 4. The minimum absolute atomic E-state index is 0.0378. The molecule has 31 heavy (non-hydrogen) atoms. The molecule has 0 heterocycles. The summed E-state index contributed by atoms with van der Waals surface area (Å²) in [6.45, 7) is 3.58. The molecule has 3 aromatic carbocycles. The molecule has 0 radical (unpaired) electrons. The Morgan fingerprint density at radius 3 is 2.23 bits per heavy atom. The molecule has 160 valence electrons. The number of benzene rings is 3. The lowest BCUT2D eigenvalue weighted by Gasteiger charge is -2.23. The van der Waals surface area contributed by atoms with Gasteiger partial charge in [-0.1, -0.05) is 65.3 Å². The Morgan fingerprint density at radius 1 is 0.903 bits per heavy atom. The van der Waals surface area contributed by atoms with Crippen LogP contribution < -0.4 is 10.2 Å². The Kier molecular flexibility index (Phi) is 8.38. The quantitative estimate of drug-likeness (QED) is 0.440. The number of halogens is 1. The van der Waals surface area contributed by atoms with Crippen molar-refractivity contribution in [3.63, 3.8) is 0 Å². The lowest BCUT2D eigenvalue weighted by atomic mass is 10.1. The first-order valence-electron chi connectivity index (χ1n) is 10.1. The van der Waals surface area contributed by atoms with E-state index in [2.05, 4.69) is 21.2 Å². The van der Waals surface area contributed by atoms with Gasteiger partial charge in [0.25, 0.3) is 0 Å². The van der Waals surface area contributed by atoms with Crippen LogP contribution in [-0.4, -0.2) is 25.0 Å². The first-order chi connectivity index (χ1) is 15.1. The van der Waals surface area contributed by atoms with Crippen molar-refractivity contribution in [2.75, 3.05) is 18.0 Å². The molecular weight excluding hydrogens is 456 g/mol. The van der Waals surface area contributed by atoms with Crippen LogP contribution in [0.5, 0.6) is 0 Å². The molecule has 0 bridgehead atoms. The normalized spacial score (nSPS) is 10.5. The van der Waals surface area contributed by atoms with Crippen LogP contribution >= 0.6 is 15.9 Å². The van der Waals surface area contributed by atoms with Crippen molar-refractivity contribution in [1.29, 1.82) is 0 Å². The fraction of sp³-hybridized carbons (Fsp3) is 0.200. The number of amides is 1. The van der Waals surface area contributed by atoms with Gasteiger partial charge in [0.2, 0.25) is 5.91 Å². The van der Waals surface area contributed by atoms with Gasteiger partial charge in [-0.2, -0.15) is 0 Å². The molecule has 1 amide bonds. The average molecular weight is 481 g/mol. The molecule has 3 aromatic rings. The van der Waals surface area contributed by atoms with Crippen LogP contribution in [0.2, 0.25) is 0 Å². The Hall–Kier alpha value is -2.96. The number of ether oxygens (including phenoxy) is 1. The Morgan fingerprint density at radius 2 is 1.58 bits per heavy atom. The second-order valence-electron chi connectivity index (χ2n) is 7.00. The third kappa shape index (κ3) is 6.77. The van der Waals surface area contributed by atoms with Crippen LogP contribution in [0.4, 0.5) is 5.69 Å². The number of carbonyl (C=O) groups is 2. The van der Waals surface area contributed by atoms with Gasteiger partial charge in [0, 0.05) is 10.2 Å². The van der Waals surface area contributed by atoms with Crippen LogP contribution in [0.1, 0.15) is 28.4 Å². The summed E-state index contributed by atoms with van der Waals surface area (Å²) in [6, 6.07) is 24.4. The fourth-order valence-corrected chi connectivity index (χ4v) is 3.27. The summed E-state index contributed by atoms with van der Waals surface area (Å²) in [6.07, 6.45) is 0. The molecule has 0 spiro atoms. The van der Waals surface area contributed by atoms with Gasteiger partial charge in [0.05, 0.1) is 18.7 Å². The van der Waals surface area contributed by atoms with E-state index in [1.165, 1.54) is 0 Å². The van der Waals surface area contributed by atoms with E-state index in [9.17, 15) is 9.59 Å². The van der Waals surface area contributed by atoms with E-state index in [0.29, 0.717) is 18.7 Å². The molecule has 0 aromatic heterocycles. The number of esters is 1. The van der Waals surface area contributed by atoms with E-state index in [-0.39, 0.29) is 19.1 Å². The monoisotopic (exact) mass is 480 g/mol. The van der Waals surface area contributed by atoms with E-state index in [1.54, 1.807) is 29.2 Å². The van der Waals surface area contributed by atoms with Crippen molar-refractivity contribution in [3.05, 3.63) is 100 Å². The average Bonchev–Trinajstić information content (AvgIpc) is 2.81. The van der Waals surface area contributed by atoms with Crippen molar-refractivity contribution in [2.45, 2.75) is 20.1 Å². The van der Waals surface area contributed by atoms with Gasteiger partial charge in [-0.3, -0.25) is 4.79 Å². The largest absolute Gasteiger partial charge is 0.457 e. The van der Waals surface area contributed by atoms with Crippen molar-refractivity contribution in [2.24, 2.45) is 0 Å². The predicted octanol–water partition coefficient (Wildman–Crippen LogP) is 4.95. The van der Waals surface area contributed by atoms with Gasteiger partial charge >= 0.3 is 5.97 Å². The SMILES string of the molecule is CCNCC(=O)N(Cc1ccc(Br)cc1)c1ccc(C(=O)OCc2ccccc2)cc1. The van der Waals surface area contributed by atoms with Crippen molar-refractivity contribution >= 4 is 33.5 Å². The zero-order valence-corrected chi connectivity index (χ0v) is 19.0. The highest BCUT2D eigenvalue weighted by Crippen LogP contribution is 2.20. The van der Waals surface area contributed by atoms with Crippen LogP contribution in [0.15, 0.2) is 83.3 Å². The van der Waals surface area contributed by atoms with Crippen molar-refractivity contribution in [3.8, 4) is 0 Å². The second kappa shape index (κ2) is 11.4. The molecule has 3 rings (SSSR count). The summed E-state index contributed by atoms with van der Waals surface area (Å²) in [5, 5.41) is 3.08. The second-order valence-corrected chi connectivity index (χ2v) is 7.91. The minimum Gasteiger partial charge on any atom is -0.457 e. The highest BCUT2D eigenvalue weighted by Gasteiger charge is 2.17. The summed E-state index contributed by atoms with van der Waals surface area (Å²) < 4.78 is 6.37. The number of nitrogens with one attached hydrogen (secondary N) is 1. The summed E-state index contributed by atoms with van der Waals surface area (Å²) in [7, 11) is 0. The minimum atomic E-state index is -0.395. The third-order valence-corrected chi connectivity index (χ3v) is 5.24. The van der Waals surface area contributed by atoms with Crippen LogP contribution in [-0.2, 0) is 22.7 Å². The van der Waals surface area contributed by atoms with E-state index in [1.807, 2.05) is 61.5 Å². The number of anilines is 1. The maximum Gasteiger partial charge on any atom is 0.338 e. The van der Waals surface area contributed by atoms with Gasteiger partial charge in [0.15, 0.2) is 0 Å². The topological polar surface area (TPSA) is 58.6 Å². The van der Waals surface area contributed by atoms with Crippen LogP contribution in [0.25, 0.3) is 0 Å². The van der Waals surface area contributed by atoms with E-state index in [4.69, 9.17) is 4.74 Å². The maximum absolute atomic E-state index is 12.8. The lowest BCUT2D eigenvalue weighted by Crippen LogP contribution is -2.37. The number of rotatable bonds is 9. The Balaban J connectivity index is 1.71. The molecule has 0 unspecified atom stereocenters. The van der Waals surface area contributed by atoms with E-state index in [0.717, 1.165) is 21.3 Å². The highest BCUT2D eigenvalue weighted by atomic mass is 79.9. The summed E-state index contributed by atoms with van der Waals surface area (Å²) in [5.74, 6) is -0.432. The highest BCUT2D eigenvalue weighted by molar-refractivity contribution is 9.10. The molecule has 0 aliphatic heterocycles. The van der Waals surface area contributed by atoms with E-state index < -0.39 is 5.97 Å². The number of hydrogen-bond donors (Lipinski definition) is 1. The van der Waals surface area contributed by atoms with Gasteiger partial charge in [-0.15, -0.1) is 0 Å². The van der Waals surface area contributed by atoms with Crippen LogP contribution in [0.3, 0.4) is 0 Å². The van der Waals surface area contributed by atoms with Gasteiger partial charge in [-0.05, 0) is 54.1 Å². The molecule has 0 saturated carbocycles. The Labute approximate surface area is 191 Å². The molecular formula is C25H25BrN2O3. The standard InChI is InChI=1S/C25H25BrN2O3/c1-2-27-16-24(29)28(17-19-8-12-22(26)13-9-19)23-14-10-21(11-15-23)25(30)31-18-20-6-4-3-5-7-20/h3-15,27H,2,16-18H2,1H3. The molecule has 6 heteroatoms. The van der Waals surface area contributed by atoms with Crippen molar-refractivity contribution in [1.82, 2.24) is 5.32 Å². The molecule has 0 aliphatic carbocycles. The molecule has 1 N–H and O–H groups in total. The van der Waals surface area contributed by atoms with Gasteiger partial charge in [0.1, 0.15) is 6.61 Å². The van der Waals surface area contributed by atoms with Crippen molar-refractivity contribution < 1.29 is 14.3 Å². The molecule has 0 fully saturated rings. The summed E-state index contributed by atoms with van der Waals surface area (Å²) in [5.41, 5.74) is 3.12. The zero-order valence-electron chi connectivity index (χ0n) is 17.4. The first kappa shape index (κ1) is 22.7. The zero-order chi connectivity index (χ0) is 22.1. The predicted molar refractivity (Wildman–Crippen MR) is 126 cm³/mol. The van der Waals surface area contributed by atoms with E-state index >= 15 is 0 Å². The molecule has 5 nitrogen and oxygen atoms in total. The molecule has 0 aliphatic rings. The first-order valence-corrected chi connectivity index (χ1v) is 10.9. The molecule has 0 atom stereocenters. The fourth-order valence-electron chi connectivity index (χ4n) is 3.01. The number of likely N-dealkylation sites (N-methyl/N-ethyl adjacent to an activating group) is 1. The number of nitrogens with zero attached hydrogens (tertiary/aromatic N) is 1. The van der Waals surface area contributed by atoms with Gasteiger partial charge < -0.3 is 15.0 Å². The van der Waals surface area contributed by atoms with Gasteiger partial charge in [-0.25, -0.2) is 4.79 Å². The lowest BCUT2D eigenvalue weighted by molar-refractivity contribution is -0.117. The summed E-state index contributed by atoms with van der Waals surface area (Å²) in [4.78, 5) is 26.9. The Bertz CT molecular complexity index is 990. The van der Waals surface area contributed by atoms with Crippen LogP contribution in [0, 0.1) is 0 Å². The molecule has 0 saturated heterocycles. The maximum atomic E-state index is 12.8.